The lowest BCUT2D eigenvalue weighted by Crippen LogP contribution is -2.10. The highest BCUT2D eigenvalue weighted by molar-refractivity contribution is 6.30. The monoisotopic (exact) mass is 278 g/mol. The van der Waals surface area contributed by atoms with Crippen molar-refractivity contribution < 1.29 is 5.11 Å². The Morgan fingerprint density at radius 3 is 2.95 bits per heavy atom. The summed E-state index contributed by atoms with van der Waals surface area (Å²) in [6, 6.07) is 5.60. The number of halogens is 1. The highest BCUT2D eigenvalue weighted by atomic mass is 35.5. The second kappa shape index (κ2) is 6.22. The van der Waals surface area contributed by atoms with Crippen molar-refractivity contribution in [3.05, 3.63) is 52.6 Å². The van der Waals surface area contributed by atoms with Crippen molar-refractivity contribution in [2.75, 3.05) is 0 Å². The van der Waals surface area contributed by atoms with E-state index in [2.05, 4.69) is 16.5 Å². The first-order valence-corrected chi connectivity index (χ1v) is 6.93. The lowest BCUT2D eigenvalue weighted by Gasteiger charge is -2.15. The van der Waals surface area contributed by atoms with E-state index < -0.39 is 6.10 Å². The Morgan fingerprint density at radius 1 is 1.42 bits per heavy atom. The van der Waals surface area contributed by atoms with Crippen molar-refractivity contribution in [3.8, 4) is 0 Å². The first-order chi connectivity index (χ1) is 9.11. The third-order valence-corrected chi connectivity index (χ3v) is 3.48. The minimum absolute atomic E-state index is 0.508. The molecule has 1 aromatic heterocycles. The van der Waals surface area contributed by atoms with Gasteiger partial charge in [-0.2, -0.15) is 0 Å². The van der Waals surface area contributed by atoms with E-state index in [9.17, 15) is 5.11 Å². The first-order valence-electron chi connectivity index (χ1n) is 6.56. The van der Waals surface area contributed by atoms with Crippen LogP contribution in [0.2, 0.25) is 5.02 Å². The van der Waals surface area contributed by atoms with E-state index in [-0.39, 0.29) is 0 Å². The van der Waals surface area contributed by atoms with Gasteiger partial charge in [-0.1, -0.05) is 24.6 Å². The van der Waals surface area contributed by atoms with E-state index in [4.69, 9.17) is 11.6 Å². The third kappa shape index (κ3) is 3.37. The molecule has 19 heavy (non-hydrogen) atoms. The van der Waals surface area contributed by atoms with Crippen LogP contribution in [0.4, 0.5) is 0 Å². The minimum Gasteiger partial charge on any atom is -0.388 e. The number of rotatable bonds is 5. The van der Waals surface area contributed by atoms with Gasteiger partial charge in [0.2, 0.25) is 0 Å². The second-order valence-electron chi connectivity index (χ2n) is 4.76. The maximum atomic E-state index is 10.4. The summed E-state index contributed by atoms with van der Waals surface area (Å²) in [6.45, 7) is 5.03. The van der Waals surface area contributed by atoms with Crippen LogP contribution in [0.15, 0.2) is 30.6 Å². The Labute approximate surface area is 118 Å². The average molecular weight is 279 g/mol. The molecule has 1 unspecified atom stereocenters. The maximum absolute atomic E-state index is 10.4. The maximum Gasteiger partial charge on any atom is 0.111 e. The highest BCUT2D eigenvalue weighted by Gasteiger charge is 2.14. The van der Waals surface area contributed by atoms with Crippen molar-refractivity contribution in [2.24, 2.45) is 0 Å². The quantitative estimate of drug-likeness (QED) is 0.909. The van der Waals surface area contributed by atoms with Crippen molar-refractivity contribution >= 4 is 11.6 Å². The number of hydrogen-bond acceptors (Lipinski definition) is 2. The highest BCUT2D eigenvalue weighted by Crippen LogP contribution is 2.24. The van der Waals surface area contributed by atoms with E-state index in [0.717, 1.165) is 29.9 Å². The lowest BCUT2D eigenvalue weighted by molar-refractivity contribution is 0.173. The van der Waals surface area contributed by atoms with Crippen molar-refractivity contribution in [1.82, 2.24) is 9.55 Å². The number of hydrogen-bond donors (Lipinski definition) is 1. The minimum atomic E-state index is -0.572. The van der Waals surface area contributed by atoms with Crippen LogP contribution >= 0.6 is 11.6 Å². The molecule has 0 fully saturated rings. The van der Waals surface area contributed by atoms with Gasteiger partial charge in [-0.25, -0.2) is 4.98 Å². The average Bonchev–Trinajstić information content (AvgIpc) is 2.80. The zero-order valence-electron chi connectivity index (χ0n) is 11.3. The Morgan fingerprint density at radius 2 is 2.21 bits per heavy atom. The van der Waals surface area contributed by atoms with Crippen molar-refractivity contribution in [1.29, 1.82) is 0 Å². The number of aryl methyl sites for hydroxylation is 2. The van der Waals surface area contributed by atoms with Gasteiger partial charge in [-0.05, 0) is 36.6 Å². The van der Waals surface area contributed by atoms with Crippen LogP contribution in [-0.2, 0) is 13.0 Å². The van der Waals surface area contributed by atoms with Crippen LogP contribution in [0.5, 0.6) is 0 Å². The summed E-state index contributed by atoms with van der Waals surface area (Å²) < 4.78 is 2.09. The molecule has 0 aliphatic carbocycles. The molecule has 1 heterocycles. The third-order valence-electron chi connectivity index (χ3n) is 3.24. The fourth-order valence-electron chi connectivity index (χ4n) is 2.23. The van der Waals surface area contributed by atoms with Gasteiger partial charge in [0.1, 0.15) is 5.82 Å². The van der Waals surface area contributed by atoms with Crippen LogP contribution < -0.4 is 0 Å². The fraction of sp³-hybridized carbons (Fsp3) is 0.400. The lowest BCUT2D eigenvalue weighted by atomic mass is 10.0. The molecule has 102 valence electrons. The van der Waals surface area contributed by atoms with Gasteiger partial charge in [0, 0.05) is 30.4 Å². The predicted molar refractivity (Wildman–Crippen MR) is 77.4 cm³/mol. The molecular formula is C15H19ClN2O. The molecule has 0 aliphatic heterocycles. The molecular weight excluding hydrogens is 260 g/mol. The Hall–Kier alpha value is -1.32. The topological polar surface area (TPSA) is 38.0 Å². The van der Waals surface area contributed by atoms with Gasteiger partial charge in [0.25, 0.3) is 0 Å². The molecule has 1 N–H and O–H groups in total. The standard InChI is InChI=1S/C15H19ClN2O/c1-3-7-18-8-6-17-15(18)10-14(19)13-9-12(16)5-4-11(13)2/h4-6,8-9,14,19H,3,7,10H2,1-2H3. The van der Waals surface area contributed by atoms with Gasteiger partial charge in [-0.15, -0.1) is 0 Å². The Bertz CT molecular complexity index is 551. The molecule has 0 bridgehead atoms. The van der Waals surface area contributed by atoms with Gasteiger partial charge in [0.05, 0.1) is 6.10 Å². The van der Waals surface area contributed by atoms with Crippen molar-refractivity contribution in [2.45, 2.75) is 39.3 Å². The molecule has 2 rings (SSSR count). The summed E-state index contributed by atoms with van der Waals surface area (Å²) in [6.07, 6.45) is 4.72. The zero-order chi connectivity index (χ0) is 13.8. The summed E-state index contributed by atoms with van der Waals surface area (Å²) >= 11 is 5.99. The molecule has 0 spiro atoms. The Balaban J connectivity index is 2.18. The van der Waals surface area contributed by atoms with E-state index in [1.54, 1.807) is 6.20 Å². The van der Waals surface area contributed by atoms with Crippen LogP contribution in [0.25, 0.3) is 0 Å². The summed E-state index contributed by atoms with van der Waals surface area (Å²) in [5.41, 5.74) is 1.92. The largest absolute Gasteiger partial charge is 0.388 e. The van der Waals surface area contributed by atoms with Crippen LogP contribution in [-0.4, -0.2) is 14.7 Å². The molecule has 0 amide bonds. The molecule has 1 atom stereocenters. The molecule has 0 saturated carbocycles. The van der Waals surface area contributed by atoms with Crippen LogP contribution in [0.1, 0.15) is 36.4 Å². The van der Waals surface area contributed by atoms with E-state index in [1.165, 1.54) is 0 Å². The number of nitrogens with zero attached hydrogens (tertiary/aromatic N) is 2. The SMILES string of the molecule is CCCn1ccnc1CC(O)c1cc(Cl)ccc1C. The second-order valence-corrected chi connectivity index (χ2v) is 5.19. The van der Waals surface area contributed by atoms with E-state index in [0.29, 0.717) is 11.4 Å². The number of imidazole rings is 1. The molecule has 0 saturated heterocycles. The molecule has 4 heteroatoms. The molecule has 1 aromatic carbocycles. The van der Waals surface area contributed by atoms with Crippen molar-refractivity contribution in [3.63, 3.8) is 0 Å². The zero-order valence-corrected chi connectivity index (χ0v) is 12.1. The normalized spacial score (nSPS) is 12.6. The summed E-state index contributed by atoms with van der Waals surface area (Å²) in [5, 5.41) is 11.0. The molecule has 0 aliphatic rings. The van der Waals surface area contributed by atoms with Gasteiger partial charge < -0.3 is 9.67 Å². The predicted octanol–water partition coefficient (Wildman–Crippen LogP) is 3.53. The summed E-state index contributed by atoms with van der Waals surface area (Å²) in [5.74, 6) is 0.911. The summed E-state index contributed by atoms with van der Waals surface area (Å²) in [7, 11) is 0. The van der Waals surface area contributed by atoms with E-state index >= 15 is 0 Å². The smallest absolute Gasteiger partial charge is 0.111 e. The van der Waals surface area contributed by atoms with Crippen LogP contribution in [0.3, 0.4) is 0 Å². The van der Waals surface area contributed by atoms with Gasteiger partial charge in [-0.3, -0.25) is 0 Å². The number of aliphatic hydroxyl groups is 1. The number of aliphatic hydroxyl groups excluding tert-OH is 1. The fourth-order valence-corrected chi connectivity index (χ4v) is 2.41. The first kappa shape index (κ1) is 14.1. The Kier molecular flexibility index (Phi) is 4.61. The van der Waals surface area contributed by atoms with Gasteiger partial charge in [0.15, 0.2) is 0 Å². The molecule has 2 aromatic rings. The van der Waals surface area contributed by atoms with Gasteiger partial charge >= 0.3 is 0 Å². The van der Waals surface area contributed by atoms with Crippen LogP contribution in [0, 0.1) is 6.92 Å². The number of aromatic nitrogens is 2. The number of benzene rings is 1. The summed E-state index contributed by atoms with van der Waals surface area (Å²) in [4.78, 5) is 4.32. The molecule has 3 nitrogen and oxygen atoms in total. The van der Waals surface area contributed by atoms with E-state index in [1.807, 2.05) is 31.3 Å². The molecule has 0 radical (unpaired) electrons.